The molecule has 0 aromatic rings. The van der Waals surface area contributed by atoms with Gasteiger partial charge < -0.3 is 25.7 Å². The first-order valence-corrected chi connectivity index (χ1v) is 12.0. The van der Waals surface area contributed by atoms with E-state index in [0.29, 0.717) is 5.54 Å². The second-order valence-corrected chi connectivity index (χ2v) is 11.0. The van der Waals surface area contributed by atoms with Crippen LogP contribution in [0.25, 0.3) is 0 Å². The maximum atomic E-state index is 5.50. The van der Waals surface area contributed by atoms with Crippen molar-refractivity contribution < 1.29 is 25.7 Å². The maximum absolute atomic E-state index is 5.50. The molecule has 0 aliphatic rings. The molecule has 0 aliphatic heterocycles. The second kappa shape index (κ2) is 17.8. The molecule has 0 fully saturated rings. The van der Waals surface area contributed by atoms with Crippen molar-refractivity contribution in [1.29, 1.82) is 0 Å². The monoisotopic (exact) mass is 395 g/mol. The lowest BCUT2D eigenvalue weighted by atomic mass is 10.1. The average molecular weight is 396 g/mol. The molecule has 25 heavy (non-hydrogen) atoms. The van der Waals surface area contributed by atoms with Gasteiger partial charge in [0.05, 0.1) is 27.2 Å². The molecule has 0 spiro atoms. The van der Waals surface area contributed by atoms with Crippen LogP contribution in [0.15, 0.2) is 0 Å². The molecule has 0 amide bonds. The molecule has 3 nitrogen and oxygen atoms in total. The van der Waals surface area contributed by atoms with E-state index in [4.69, 9.17) is 8.85 Å². The van der Waals surface area contributed by atoms with Crippen molar-refractivity contribution in [2.24, 2.45) is 0 Å². The lowest BCUT2D eigenvalue weighted by Crippen LogP contribution is -3.00. The van der Waals surface area contributed by atoms with E-state index in [1.807, 2.05) is 0 Å². The predicted molar refractivity (Wildman–Crippen MR) is 109 cm³/mol. The average Bonchev–Trinajstić information content (AvgIpc) is 2.56. The zero-order chi connectivity index (χ0) is 18.3. The second-order valence-electron chi connectivity index (χ2n) is 8.17. The van der Waals surface area contributed by atoms with Crippen LogP contribution in [0, 0.1) is 0 Å². The molecular weight excluding hydrogens is 350 g/mol. The van der Waals surface area contributed by atoms with Crippen LogP contribution in [0.1, 0.15) is 84.5 Å². The molecule has 0 rings (SSSR count). The first-order chi connectivity index (χ1) is 11.5. The molecule has 1 unspecified atom stereocenters. The SMILES string of the molecule is CCCCCCCCCCCC[N+](C)(C)CCC(C)[SiH](OC)OC.[Cl-]. The van der Waals surface area contributed by atoms with Gasteiger partial charge in [-0.3, -0.25) is 0 Å². The molecule has 0 N–H and O–H groups in total. The Morgan fingerprint density at radius 2 is 1.20 bits per heavy atom. The lowest BCUT2D eigenvalue weighted by Gasteiger charge is -2.31. The number of hydrogen-bond acceptors (Lipinski definition) is 2. The first-order valence-electron chi connectivity index (χ1n) is 10.3. The van der Waals surface area contributed by atoms with Gasteiger partial charge in [0.25, 0.3) is 0 Å². The van der Waals surface area contributed by atoms with Crippen molar-refractivity contribution in [3.05, 3.63) is 0 Å². The summed E-state index contributed by atoms with van der Waals surface area (Å²) in [5.74, 6) is 0. The van der Waals surface area contributed by atoms with Crippen molar-refractivity contribution in [2.45, 2.75) is 90.0 Å². The van der Waals surface area contributed by atoms with E-state index in [9.17, 15) is 0 Å². The zero-order valence-electron chi connectivity index (χ0n) is 18.0. The molecule has 1 atom stereocenters. The zero-order valence-corrected chi connectivity index (χ0v) is 19.9. The minimum Gasteiger partial charge on any atom is -1.00 e. The predicted octanol–water partition coefficient (Wildman–Crippen LogP) is 2.28. The molecule has 0 saturated heterocycles. The van der Waals surface area contributed by atoms with E-state index in [0.717, 1.165) is 4.48 Å². The van der Waals surface area contributed by atoms with E-state index >= 15 is 0 Å². The number of quaternary nitrogens is 1. The molecule has 0 saturated carbocycles. The van der Waals surface area contributed by atoms with E-state index in [-0.39, 0.29) is 12.4 Å². The fraction of sp³-hybridized carbons (Fsp3) is 1.00. The van der Waals surface area contributed by atoms with Crippen LogP contribution in [-0.4, -0.2) is 55.2 Å². The molecule has 5 heteroatoms. The van der Waals surface area contributed by atoms with Gasteiger partial charge in [0, 0.05) is 26.2 Å². The maximum Gasteiger partial charge on any atom is 0.324 e. The minimum absolute atomic E-state index is 0. The summed E-state index contributed by atoms with van der Waals surface area (Å²) in [7, 11) is 6.88. The van der Waals surface area contributed by atoms with Crippen molar-refractivity contribution in [1.82, 2.24) is 0 Å². The van der Waals surface area contributed by atoms with E-state index in [1.54, 1.807) is 14.2 Å². The Labute approximate surface area is 166 Å². The third-order valence-corrected chi connectivity index (χ3v) is 7.43. The molecule has 0 aromatic carbocycles. The Balaban J connectivity index is 0. The Morgan fingerprint density at radius 1 is 0.760 bits per heavy atom. The van der Waals surface area contributed by atoms with Crippen LogP contribution in [-0.2, 0) is 8.85 Å². The summed E-state index contributed by atoms with van der Waals surface area (Å²) >= 11 is 0. The van der Waals surface area contributed by atoms with Gasteiger partial charge in [-0.1, -0.05) is 65.2 Å². The van der Waals surface area contributed by atoms with Gasteiger partial charge in [0.1, 0.15) is 0 Å². The highest BCUT2D eigenvalue weighted by atomic mass is 35.5. The molecule has 0 aliphatic carbocycles. The van der Waals surface area contributed by atoms with Gasteiger partial charge in [0.2, 0.25) is 0 Å². The highest BCUT2D eigenvalue weighted by molar-refractivity contribution is 6.46. The molecular formula is C20H46ClNO2Si. The van der Waals surface area contributed by atoms with Crippen molar-refractivity contribution in [2.75, 3.05) is 41.4 Å². The van der Waals surface area contributed by atoms with Gasteiger partial charge in [-0.05, 0) is 12.8 Å². The summed E-state index contributed by atoms with van der Waals surface area (Å²) in [6.45, 7) is 7.10. The van der Waals surface area contributed by atoms with Gasteiger partial charge in [-0.25, -0.2) is 0 Å². The van der Waals surface area contributed by atoms with Crippen molar-refractivity contribution >= 4 is 9.28 Å². The summed E-state index contributed by atoms with van der Waals surface area (Å²) < 4.78 is 12.1. The summed E-state index contributed by atoms with van der Waals surface area (Å²) in [6.07, 6.45) is 15.4. The number of halogens is 1. The summed E-state index contributed by atoms with van der Waals surface area (Å²) in [6, 6.07) is 0. The van der Waals surface area contributed by atoms with Gasteiger partial charge >= 0.3 is 9.28 Å². The number of unbranched alkanes of at least 4 members (excludes halogenated alkanes) is 9. The van der Waals surface area contributed by atoms with Crippen molar-refractivity contribution in [3.63, 3.8) is 0 Å². The largest absolute Gasteiger partial charge is 1.00 e. The summed E-state index contributed by atoms with van der Waals surface area (Å²) in [5, 5.41) is 0. The minimum atomic E-state index is -1.44. The van der Waals surface area contributed by atoms with E-state index in [1.165, 1.54) is 83.7 Å². The fourth-order valence-electron chi connectivity index (χ4n) is 3.39. The third-order valence-electron chi connectivity index (χ3n) is 5.24. The number of nitrogens with zero attached hydrogens (tertiary/aromatic N) is 1. The van der Waals surface area contributed by atoms with Crippen LogP contribution in [0.2, 0.25) is 5.54 Å². The van der Waals surface area contributed by atoms with Crippen LogP contribution in [0.4, 0.5) is 0 Å². The molecule has 0 radical (unpaired) electrons. The van der Waals surface area contributed by atoms with E-state index in [2.05, 4.69) is 27.9 Å². The summed E-state index contributed by atoms with van der Waals surface area (Å²) in [4.78, 5) is 0. The Kier molecular flexibility index (Phi) is 19.6. The Bertz CT molecular complexity index is 276. The summed E-state index contributed by atoms with van der Waals surface area (Å²) in [5.41, 5.74) is 0.588. The molecule has 154 valence electrons. The normalized spacial score (nSPS) is 13.1. The quantitative estimate of drug-likeness (QED) is 0.214. The third kappa shape index (κ3) is 16.3. The standard InChI is InChI=1S/C20H46NO2Si.ClH/c1-7-8-9-10-11-12-13-14-15-16-18-21(3,4)19-17-20(2)24(22-5)23-6;/h20,24H,7-19H2,1-6H3;1H/q+1;/p-1. The number of hydrogen-bond donors (Lipinski definition) is 0. The lowest BCUT2D eigenvalue weighted by molar-refractivity contribution is -0.890. The van der Waals surface area contributed by atoms with Crippen LogP contribution < -0.4 is 12.4 Å². The smallest absolute Gasteiger partial charge is 0.324 e. The fourth-order valence-corrected chi connectivity index (χ4v) is 4.93. The molecule has 0 aromatic heterocycles. The molecule has 0 heterocycles. The van der Waals surface area contributed by atoms with Crippen LogP contribution >= 0.6 is 0 Å². The Hall–Kier alpha value is 0.387. The van der Waals surface area contributed by atoms with Gasteiger partial charge in [-0.15, -0.1) is 0 Å². The Morgan fingerprint density at radius 3 is 1.64 bits per heavy atom. The van der Waals surface area contributed by atoms with Crippen molar-refractivity contribution in [3.8, 4) is 0 Å². The van der Waals surface area contributed by atoms with Gasteiger partial charge in [-0.2, -0.15) is 0 Å². The highest BCUT2D eigenvalue weighted by Gasteiger charge is 2.23. The topological polar surface area (TPSA) is 18.5 Å². The van der Waals surface area contributed by atoms with Crippen LogP contribution in [0.3, 0.4) is 0 Å². The first kappa shape index (κ1) is 27.6. The highest BCUT2D eigenvalue weighted by Crippen LogP contribution is 2.18. The number of rotatable bonds is 17. The van der Waals surface area contributed by atoms with Crippen LogP contribution in [0.5, 0.6) is 0 Å². The van der Waals surface area contributed by atoms with Gasteiger partial charge in [0.15, 0.2) is 0 Å². The molecule has 0 bridgehead atoms. The van der Waals surface area contributed by atoms with E-state index < -0.39 is 9.28 Å².